The zero-order valence-corrected chi connectivity index (χ0v) is 13.6. The molecule has 1 aromatic heterocycles. The second-order valence-corrected chi connectivity index (χ2v) is 8.33. The third kappa shape index (κ3) is 2.63. The molecular formula is C16H20N2O3S. The highest BCUT2D eigenvalue weighted by molar-refractivity contribution is 7.91. The molecule has 3 rings (SSSR count). The molecule has 1 saturated carbocycles. The lowest BCUT2D eigenvalue weighted by molar-refractivity contribution is 0.0737. The van der Waals surface area contributed by atoms with Crippen molar-refractivity contribution in [3.8, 4) is 0 Å². The minimum atomic E-state index is -3.14. The molecule has 1 N–H and O–H groups in total. The van der Waals surface area contributed by atoms with Crippen LogP contribution in [-0.2, 0) is 9.84 Å². The van der Waals surface area contributed by atoms with Crippen LogP contribution in [0.1, 0.15) is 29.6 Å². The molecule has 1 aromatic carbocycles. The molecule has 1 heterocycles. The number of nitrogens with one attached hydrogen (secondary N) is 1. The number of aromatic nitrogens is 1. The van der Waals surface area contributed by atoms with E-state index in [0.29, 0.717) is 12.0 Å². The predicted molar refractivity (Wildman–Crippen MR) is 86.7 cm³/mol. The second kappa shape index (κ2) is 5.43. The molecule has 2 aromatic rings. The molecule has 1 aliphatic carbocycles. The maximum atomic E-state index is 12.7. The highest BCUT2D eigenvalue weighted by atomic mass is 32.2. The van der Waals surface area contributed by atoms with Crippen LogP contribution in [0.3, 0.4) is 0 Å². The minimum absolute atomic E-state index is 0.122. The Bertz CT molecular complexity index is 810. The molecule has 118 valence electrons. The molecule has 22 heavy (non-hydrogen) atoms. The van der Waals surface area contributed by atoms with Gasteiger partial charge in [-0.1, -0.05) is 0 Å². The molecule has 1 fully saturated rings. The van der Waals surface area contributed by atoms with Crippen molar-refractivity contribution in [2.24, 2.45) is 0 Å². The molecule has 0 spiro atoms. The summed E-state index contributed by atoms with van der Waals surface area (Å²) < 4.78 is 23.8. The minimum Gasteiger partial charge on any atom is -0.361 e. The number of amides is 1. The van der Waals surface area contributed by atoms with E-state index in [-0.39, 0.29) is 11.9 Å². The Morgan fingerprint density at radius 3 is 2.77 bits per heavy atom. The van der Waals surface area contributed by atoms with Gasteiger partial charge in [-0.25, -0.2) is 8.42 Å². The first-order valence-corrected chi connectivity index (χ1v) is 9.36. The van der Waals surface area contributed by atoms with E-state index in [0.717, 1.165) is 23.7 Å². The monoisotopic (exact) mass is 320 g/mol. The average Bonchev–Trinajstić information content (AvgIpc) is 3.12. The molecule has 0 unspecified atom stereocenters. The SMILES string of the molecule is CN(C(=O)c1ccc2[nH]ccc2c1)[C@H]1CCC[C@@H]1S(C)(=O)=O. The predicted octanol–water partition coefficient (Wildman–Crippen LogP) is 2.21. The summed E-state index contributed by atoms with van der Waals surface area (Å²) in [6, 6.07) is 7.18. The van der Waals surface area contributed by atoms with Crippen molar-refractivity contribution in [1.29, 1.82) is 0 Å². The number of aromatic amines is 1. The number of fused-ring (bicyclic) bond motifs is 1. The van der Waals surface area contributed by atoms with Gasteiger partial charge in [0.1, 0.15) is 0 Å². The molecule has 5 nitrogen and oxygen atoms in total. The van der Waals surface area contributed by atoms with Crippen molar-refractivity contribution in [2.45, 2.75) is 30.6 Å². The van der Waals surface area contributed by atoms with Gasteiger partial charge < -0.3 is 9.88 Å². The van der Waals surface area contributed by atoms with E-state index in [4.69, 9.17) is 0 Å². The third-order valence-electron chi connectivity index (χ3n) is 4.59. The normalized spacial score (nSPS) is 22.1. The van der Waals surface area contributed by atoms with Gasteiger partial charge in [0.15, 0.2) is 9.84 Å². The van der Waals surface area contributed by atoms with Crippen molar-refractivity contribution < 1.29 is 13.2 Å². The topological polar surface area (TPSA) is 70.2 Å². The van der Waals surface area contributed by atoms with Crippen LogP contribution < -0.4 is 0 Å². The van der Waals surface area contributed by atoms with Crippen molar-refractivity contribution in [3.05, 3.63) is 36.0 Å². The van der Waals surface area contributed by atoms with E-state index in [1.165, 1.54) is 6.26 Å². The van der Waals surface area contributed by atoms with Gasteiger partial charge >= 0.3 is 0 Å². The summed E-state index contributed by atoms with van der Waals surface area (Å²) in [5.41, 5.74) is 1.57. The van der Waals surface area contributed by atoms with Crippen LogP contribution in [-0.4, -0.2) is 48.8 Å². The van der Waals surface area contributed by atoms with Gasteiger partial charge in [-0.2, -0.15) is 0 Å². The van der Waals surface area contributed by atoms with Crippen LogP contribution in [0.5, 0.6) is 0 Å². The Morgan fingerprint density at radius 1 is 1.27 bits per heavy atom. The van der Waals surface area contributed by atoms with Gasteiger partial charge in [0.2, 0.25) is 0 Å². The molecule has 0 aliphatic heterocycles. The summed E-state index contributed by atoms with van der Waals surface area (Å²) in [4.78, 5) is 17.4. The smallest absolute Gasteiger partial charge is 0.253 e. The van der Waals surface area contributed by atoms with E-state index in [1.807, 2.05) is 24.4 Å². The van der Waals surface area contributed by atoms with Gasteiger partial charge in [-0.15, -0.1) is 0 Å². The summed E-state index contributed by atoms with van der Waals surface area (Å²) in [5, 5.41) is 0.530. The lowest BCUT2D eigenvalue weighted by Gasteiger charge is -2.29. The number of carbonyl (C=O) groups is 1. The Hall–Kier alpha value is -1.82. The Balaban J connectivity index is 1.87. The van der Waals surface area contributed by atoms with Crippen LogP contribution in [0.15, 0.2) is 30.5 Å². The van der Waals surface area contributed by atoms with Gasteiger partial charge in [0.05, 0.1) is 5.25 Å². The fourth-order valence-electron chi connectivity index (χ4n) is 3.39. The van der Waals surface area contributed by atoms with Crippen molar-refractivity contribution in [3.63, 3.8) is 0 Å². The number of rotatable bonds is 3. The quantitative estimate of drug-likeness (QED) is 0.942. The van der Waals surface area contributed by atoms with Gasteiger partial charge in [0, 0.05) is 42.0 Å². The third-order valence-corrected chi connectivity index (χ3v) is 6.24. The fourth-order valence-corrected chi connectivity index (χ4v) is 4.87. The Labute approximate surface area is 130 Å². The van der Waals surface area contributed by atoms with E-state index < -0.39 is 15.1 Å². The lowest BCUT2D eigenvalue weighted by Crippen LogP contribution is -2.44. The van der Waals surface area contributed by atoms with Crippen molar-refractivity contribution >= 4 is 26.6 Å². The van der Waals surface area contributed by atoms with Gasteiger partial charge in [-0.3, -0.25) is 4.79 Å². The standard InChI is InChI=1S/C16H20N2O3S/c1-18(14-4-3-5-15(14)22(2,20)21)16(19)12-6-7-13-11(10-12)8-9-17-13/h6-10,14-15,17H,3-5H2,1-2H3/t14-,15-/m0/s1. The maximum Gasteiger partial charge on any atom is 0.253 e. The van der Waals surface area contributed by atoms with Crippen LogP contribution in [0.4, 0.5) is 0 Å². The van der Waals surface area contributed by atoms with Gasteiger partial charge in [-0.05, 0) is 43.5 Å². The first kappa shape index (κ1) is 15.1. The molecule has 2 atom stereocenters. The number of benzene rings is 1. The zero-order chi connectivity index (χ0) is 15.9. The largest absolute Gasteiger partial charge is 0.361 e. The number of nitrogens with zero attached hydrogens (tertiary/aromatic N) is 1. The van der Waals surface area contributed by atoms with E-state index >= 15 is 0 Å². The summed E-state index contributed by atoms with van der Waals surface area (Å²) in [7, 11) is -1.43. The fraction of sp³-hybridized carbons (Fsp3) is 0.438. The number of sulfone groups is 1. The van der Waals surface area contributed by atoms with Crippen LogP contribution in [0, 0.1) is 0 Å². The summed E-state index contributed by atoms with van der Waals surface area (Å²) >= 11 is 0. The van der Waals surface area contributed by atoms with Crippen LogP contribution in [0.2, 0.25) is 0 Å². The number of H-pyrrole nitrogens is 1. The molecule has 0 radical (unpaired) electrons. The molecular weight excluding hydrogens is 300 g/mol. The first-order valence-electron chi connectivity index (χ1n) is 7.41. The number of hydrogen-bond donors (Lipinski definition) is 1. The highest BCUT2D eigenvalue weighted by Gasteiger charge is 2.38. The summed E-state index contributed by atoms with van der Waals surface area (Å²) in [5.74, 6) is -0.122. The second-order valence-electron chi connectivity index (χ2n) is 6.06. The van der Waals surface area contributed by atoms with Crippen LogP contribution >= 0.6 is 0 Å². The lowest BCUT2D eigenvalue weighted by atomic mass is 10.1. The van der Waals surface area contributed by atoms with Crippen molar-refractivity contribution in [1.82, 2.24) is 9.88 Å². The van der Waals surface area contributed by atoms with Crippen LogP contribution in [0.25, 0.3) is 10.9 Å². The summed E-state index contributed by atoms with van der Waals surface area (Å²) in [6.07, 6.45) is 5.32. The average molecular weight is 320 g/mol. The van der Waals surface area contributed by atoms with E-state index in [9.17, 15) is 13.2 Å². The van der Waals surface area contributed by atoms with E-state index in [2.05, 4.69) is 4.98 Å². The molecule has 0 bridgehead atoms. The Kier molecular flexibility index (Phi) is 3.72. The summed E-state index contributed by atoms with van der Waals surface area (Å²) in [6.45, 7) is 0. The maximum absolute atomic E-state index is 12.7. The highest BCUT2D eigenvalue weighted by Crippen LogP contribution is 2.29. The molecule has 0 saturated heterocycles. The Morgan fingerprint density at radius 2 is 2.05 bits per heavy atom. The molecule has 1 aliphatic rings. The zero-order valence-electron chi connectivity index (χ0n) is 12.7. The van der Waals surface area contributed by atoms with Crippen molar-refractivity contribution in [2.75, 3.05) is 13.3 Å². The number of hydrogen-bond acceptors (Lipinski definition) is 3. The molecule has 6 heteroatoms. The molecule has 1 amide bonds. The van der Waals surface area contributed by atoms with Gasteiger partial charge in [0.25, 0.3) is 5.91 Å². The first-order chi connectivity index (χ1) is 10.4. The van der Waals surface area contributed by atoms with E-state index in [1.54, 1.807) is 18.0 Å². The number of carbonyl (C=O) groups excluding carboxylic acids is 1.